The first-order valence-corrected chi connectivity index (χ1v) is 7.68. The highest BCUT2D eigenvalue weighted by molar-refractivity contribution is 7.98. The molecule has 0 rings (SSSR count). The van der Waals surface area contributed by atoms with Gasteiger partial charge in [-0.25, -0.2) is 8.42 Å². The van der Waals surface area contributed by atoms with E-state index < -0.39 is 9.84 Å². The lowest BCUT2D eigenvalue weighted by Crippen LogP contribution is -2.23. The van der Waals surface area contributed by atoms with Crippen molar-refractivity contribution in [2.75, 3.05) is 23.5 Å². The van der Waals surface area contributed by atoms with E-state index in [1.807, 2.05) is 6.26 Å². The van der Waals surface area contributed by atoms with Gasteiger partial charge in [-0.15, -0.1) is 0 Å². The summed E-state index contributed by atoms with van der Waals surface area (Å²) in [6, 6.07) is 0.141. The first-order chi connectivity index (χ1) is 6.02. The largest absolute Gasteiger partial charge is 0.327 e. The van der Waals surface area contributed by atoms with Crippen molar-refractivity contribution in [3.8, 4) is 0 Å². The van der Waals surface area contributed by atoms with Gasteiger partial charge in [-0.3, -0.25) is 0 Å². The number of sulfone groups is 1. The molecule has 13 heavy (non-hydrogen) atoms. The van der Waals surface area contributed by atoms with Gasteiger partial charge in [0.05, 0.1) is 5.75 Å². The quantitative estimate of drug-likeness (QED) is 0.699. The summed E-state index contributed by atoms with van der Waals surface area (Å²) in [5.74, 6) is 1.43. The van der Waals surface area contributed by atoms with E-state index >= 15 is 0 Å². The summed E-state index contributed by atoms with van der Waals surface area (Å²) in [4.78, 5) is 0. The van der Waals surface area contributed by atoms with Crippen molar-refractivity contribution in [2.24, 2.45) is 5.73 Å². The summed E-state index contributed by atoms with van der Waals surface area (Å²) >= 11 is 1.70. The van der Waals surface area contributed by atoms with Crippen LogP contribution in [0.25, 0.3) is 0 Å². The molecule has 0 aromatic carbocycles. The highest BCUT2D eigenvalue weighted by atomic mass is 32.2. The molecule has 0 aliphatic heterocycles. The molecule has 0 aromatic rings. The van der Waals surface area contributed by atoms with Crippen molar-refractivity contribution < 1.29 is 8.42 Å². The lowest BCUT2D eigenvalue weighted by Gasteiger charge is -2.08. The van der Waals surface area contributed by atoms with E-state index in [1.165, 1.54) is 0 Å². The highest BCUT2D eigenvalue weighted by Gasteiger charge is 2.08. The minimum absolute atomic E-state index is 0.141. The fraction of sp³-hybridized carbons (Fsp3) is 1.00. The molecule has 0 saturated heterocycles. The molecule has 0 saturated carbocycles. The van der Waals surface area contributed by atoms with Gasteiger partial charge in [-0.2, -0.15) is 11.8 Å². The molecule has 0 radical (unpaired) electrons. The fourth-order valence-corrected chi connectivity index (χ4v) is 2.50. The molecule has 3 nitrogen and oxygen atoms in total. The summed E-state index contributed by atoms with van der Waals surface area (Å²) in [6.45, 7) is 1.68. The third-order valence-corrected chi connectivity index (χ3v) is 4.40. The van der Waals surface area contributed by atoms with Gasteiger partial charge in [0.2, 0.25) is 0 Å². The van der Waals surface area contributed by atoms with Crippen LogP contribution in [-0.2, 0) is 9.84 Å². The van der Waals surface area contributed by atoms with E-state index in [-0.39, 0.29) is 17.5 Å². The second kappa shape index (κ2) is 6.68. The second-order valence-electron chi connectivity index (χ2n) is 3.09. The Kier molecular flexibility index (Phi) is 6.81. The van der Waals surface area contributed by atoms with Crippen LogP contribution in [0.3, 0.4) is 0 Å². The van der Waals surface area contributed by atoms with Crippen LogP contribution in [0, 0.1) is 0 Å². The van der Waals surface area contributed by atoms with E-state index in [4.69, 9.17) is 5.73 Å². The minimum Gasteiger partial charge on any atom is -0.327 e. The summed E-state index contributed by atoms with van der Waals surface area (Å²) in [5.41, 5.74) is 5.74. The van der Waals surface area contributed by atoms with Crippen molar-refractivity contribution in [1.29, 1.82) is 0 Å². The predicted octanol–water partition coefficient (Wildman–Crippen LogP) is 0.892. The third kappa shape index (κ3) is 7.34. The zero-order chi connectivity index (χ0) is 10.3. The maximum Gasteiger partial charge on any atom is 0.150 e. The Morgan fingerprint density at radius 1 is 1.46 bits per heavy atom. The standard InChI is InChI=1S/C8H19NO2S2/c1-3-13(10,11)6-4-5-8(9)7-12-2/h8H,3-7,9H2,1-2H3. The third-order valence-electron chi connectivity index (χ3n) is 1.85. The average Bonchev–Trinajstić information content (AvgIpc) is 2.05. The van der Waals surface area contributed by atoms with Crippen LogP contribution >= 0.6 is 11.8 Å². The Balaban J connectivity index is 3.56. The van der Waals surface area contributed by atoms with Crippen molar-refractivity contribution in [3.63, 3.8) is 0 Å². The fourth-order valence-electron chi connectivity index (χ4n) is 1.01. The summed E-state index contributed by atoms with van der Waals surface area (Å²) in [5, 5.41) is 0. The normalized spacial score (nSPS) is 14.4. The van der Waals surface area contributed by atoms with Crippen LogP contribution in [0.4, 0.5) is 0 Å². The van der Waals surface area contributed by atoms with E-state index in [2.05, 4.69) is 0 Å². The molecule has 0 aromatic heterocycles. The Hall–Kier alpha value is 0.260. The number of nitrogens with two attached hydrogens (primary N) is 1. The second-order valence-corrected chi connectivity index (χ2v) is 6.48. The van der Waals surface area contributed by atoms with Crippen LogP contribution in [0.2, 0.25) is 0 Å². The SMILES string of the molecule is CCS(=O)(=O)CCCC(N)CSC. The maximum atomic E-state index is 11.1. The maximum absolute atomic E-state index is 11.1. The van der Waals surface area contributed by atoms with Gasteiger partial charge in [0, 0.05) is 17.5 Å². The van der Waals surface area contributed by atoms with Gasteiger partial charge in [-0.05, 0) is 19.1 Å². The lowest BCUT2D eigenvalue weighted by molar-refractivity contribution is 0.587. The van der Waals surface area contributed by atoms with Crippen LogP contribution in [-0.4, -0.2) is 38.0 Å². The van der Waals surface area contributed by atoms with Crippen LogP contribution in [0.1, 0.15) is 19.8 Å². The first kappa shape index (κ1) is 13.3. The smallest absolute Gasteiger partial charge is 0.150 e. The molecule has 0 bridgehead atoms. The highest BCUT2D eigenvalue weighted by Crippen LogP contribution is 2.04. The van der Waals surface area contributed by atoms with Gasteiger partial charge in [0.25, 0.3) is 0 Å². The van der Waals surface area contributed by atoms with Crippen LogP contribution < -0.4 is 5.73 Å². The molecule has 0 aliphatic rings. The molecule has 2 N–H and O–H groups in total. The van der Waals surface area contributed by atoms with Gasteiger partial charge < -0.3 is 5.73 Å². The van der Waals surface area contributed by atoms with E-state index in [0.717, 1.165) is 12.2 Å². The van der Waals surface area contributed by atoms with E-state index in [9.17, 15) is 8.42 Å². The Morgan fingerprint density at radius 3 is 2.54 bits per heavy atom. The number of hydrogen-bond acceptors (Lipinski definition) is 4. The predicted molar refractivity (Wildman–Crippen MR) is 59.9 cm³/mol. The van der Waals surface area contributed by atoms with Gasteiger partial charge in [0.1, 0.15) is 9.84 Å². The number of rotatable bonds is 7. The van der Waals surface area contributed by atoms with Crippen molar-refractivity contribution in [1.82, 2.24) is 0 Å². The summed E-state index contributed by atoms with van der Waals surface area (Å²) < 4.78 is 22.2. The number of thioether (sulfide) groups is 1. The van der Waals surface area contributed by atoms with Crippen LogP contribution in [0.5, 0.6) is 0 Å². The zero-order valence-electron chi connectivity index (χ0n) is 8.32. The van der Waals surface area contributed by atoms with Crippen LogP contribution in [0.15, 0.2) is 0 Å². The van der Waals surface area contributed by atoms with Crippen molar-refractivity contribution in [3.05, 3.63) is 0 Å². The zero-order valence-corrected chi connectivity index (χ0v) is 9.96. The molecule has 1 unspecified atom stereocenters. The molecule has 0 heterocycles. The van der Waals surface area contributed by atoms with Crippen molar-refractivity contribution >= 4 is 21.6 Å². The molecule has 5 heteroatoms. The topological polar surface area (TPSA) is 60.2 Å². The van der Waals surface area contributed by atoms with E-state index in [0.29, 0.717) is 6.42 Å². The average molecular weight is 225 g/mol. The van der Waals surface area contributed by atoms with Crippen molar-refractivity contribution in [2.45, 2.75) is 25.8 Å². The molecule has 0 aliphatic carbocycles. The first-order valence-electron chi connectivity index (χ1n) is 4.46. The Labute approximate surface area is 85.4 Å². The Morgan fingerprint density at radius 2 is 2.08 bits per heavy atom. The summed E-state index contributed by atoms with van der Waals surface area (Å²) in [7, 11) is -2.79. The van der Waals surface area contributed by atoms with Gasteiger partial charge in [-0.1, -0.05) is 6.92 Å². The molecule has 0 amide bonds. The van der Waals surface area contributed by atoms with E-state index in [1.54, 1.807) is 18.7 Å². The molecule has 1 atom stereocenters. The molecule has 80 valence electrons. The van der Waals surface area contributed by atoms with Gasteiger partial charge in [0.15, 0.2) is 0 Å². The monoisotopic (exact) mass is 225 g/mol. The number of hydrogen-bond donors (Lipinski definition) is 1. The molecular formula is C8H19NO2S2. The lowest BCUT2D eigenvalue weighted by atomic mass is 10.2. The Bertz CT molecular complexity index is 214. The molecule has 0 fully saturated rings. The minimum atomic E-state index is -2.79. The molecule has 0 spiro atoms. The molecular weight excluding hydrogens is 206 g/mol. The summed E-state index contributed by atoms with van der Waals surface area (Å²) in [6.07, 6.45) is 3.50. The van der Waals surface area contributed by atoms with Gasteiger partial charge >= 0.3 is 0 Å².